The first-order valence-electron chi connectivity index (χ1n) is 7.70. The van der Waals surface area contributed by atoms with E-state index < -0.39 is 0 Å². The number of hydrogen-bond acceptors (Lipinski definition) is 2. The van der Waals surface area contributed by atoms with Crippen molar-refractivity contribution >= 4 is 15.9 Å². The maximum Gasteiger partial charge on any atom is 0.0213 e. The van der Waals surface area contributed by atoms with E-state index in [9.17, 15) is 0 Å². The highest BCUT2D eigenvalue weighted by atomic mass is 79.9. The summed E-state index contributed by atoms with van der Waals surface area (Å²) in [5.74, 6) is 0.810. The van der Waals surface area contributed by atoms with Crippen molar-refractivity contribution in [1.29, 1.82) is 0 Å². The number of nitrogens with one attached hydrogen (secondary N) is 1. The fourth-order valence-corrected chi connectivity index (χ4v) is 3.91. The second kappa shape index (κ2) is 7.06. The molecule has 112 valence electrons. The Hall–Kier alpha value is -0.380. The second-order valence-electron chi connectivity index (χ2n) is 6.78. The zero-order chi connectivity index (χ0) is 14.6. The van der Waals surface area contributed by atoms with E-state index in [0.717, 1.165) is 19.0 Å². The van der Waals surface area contributed by atoms with Crippen molar-refractivity contribution in [1.82, 2.24) is 5.32 Å². The number of halogens is 1. The lowest BCUT2D eigenvalue weighted by molar-refractivity contribution is 0.306. The Morgan fingerprint density at radius 2 is 1.85 bits per heavy atom. The summed E-state index contributed by atoms with van der Waals surface area (Å²) in [4.78, 5) is 0. The monoisotopic (exact) mass is 338 g/mol. The van der Waals surface area contributed by atoms with Crippen LogP contribution in [-0.2, 0) is 5.41 Å². The van der Waals surface area contributed by atoms with Crippen LogP contribution in [0.1, 0.15) is 45.1 Å². The van der Waals surface area contributed by atoms with Crippen LogP contribution < -0.4 is 11.1 Å². The molecule has 2 nitrogen and oxygen atoms in total. The predicted molar refractivity (Wildman–Crippen MR) is 90.0 cm³/mol. The molecule has 1 aromatic carbocycles. The molecule has 3 heteroatoms. The number of rotatable bonds is 5. The van der Waals surface area contributed by atoms with Crippen LogP contribution in [0.3, 0.4) is 0 Å². The lowest BCUT2D eigenvalue weighted by atomic mass is 9.83. The van der Waals surface area contributed by atoms with E-state index in [0.29, 0.717) is 6.04 Å². The van der Waals surface area contributed by atoms with E-state index in [1.807, 2.05) is 0 Å². The molecule has 1 aromatic rings. The Bertz CT molecular complexity index is 423. The minimum Gasteiger partial charge on any atom is -0.328 e. The van der Waals surface area contributed by atoms with Crippen molar-refractivity contribution in [3.05, 3.63) is 34.3 Å². The highest BCUT2D eigenvalue weighted by Gasteiger charge is 2.24. The molecule has 3 N–H and O–H groups in total. The lowest BCUT2D eigenvalue weighted by Gasteiger charge is -2.30. The molecule has 1 aliphatic carbocycles. The van der Waals surface area contributed by atoms with Crippen LogP contribution in [0, 0.1) is 5.92 Å². The summed E-state index contributed by atoms with van der Waals surface area (Å²) in [5.41, 5.74) is 7.48. The molecule has 0 heterocycles. The average Bonchev–Trinajstić information content (AvgIpc) is 2.41. The van der Waals surface area contributed by atoms with E-state index in [-0.39, 0.29) is 5.41 Å². The molecule has 1 fully saturated rings. The third-order valence-electron chi connectivity index (χ3n) is 4.49. The van der Waals surface area contributed by atoms with Gasteiger partial charge in [-0.3, -0.25) is 0 Å². The summed E-state index contributed by atoms with van der Waals surface area (Å²) in [6, 6.07) is 8.97. The van der Waals surface area contributed by atoms with Crippen molar-refractivity contribution in [3.63, 3.8) is 0 Å². The summed E-state index contributed by atoms with van der Waals surface area (Å²) in [7, 11) is 0. The molecule has 0 aromatic heterocycles. The largest absolute Gasteiger partial charge is 0.328 e. The molecule has 0 radical (unpaired) electrons. The van der Waals surface area contributed by atoms with Gasteiger partial charge in [-0.25, -0.2) is 0 Å². The van der Waals surface area contributed by atoms with Gasteiger partial charge in [-0.05, 0) is 49.8 Å². The van der Waals surface area contributed by atoms with Gasteiger partial charge >= 0.3 is 0 Å². The molecule has 0 saturated heterocycles. The van der Waals surface area contributed by atoms with Crippen molar-refractivity contribution < 1.29 is 0 Å². The molecule has 1 aliphatic rings. The third kappa shape index (κ3) is 4.31. The van der Waals surface area contributed by atoms with Gasteiger partial charge in [0.05, 0.1) is 0 Å². The maximum atomic E-state index is 5.96. The Labute approximate surface area is 131 Å². The van der Waals surface area contributed by atoms with Gasteiger partial charge in [0.15, 0.2) is 0 Å². The minimum atomic E-state index is 0.144. The third-order valence-corrected chi connectivity index (χ3v) is 5.19. The second-order valence-corrected chi connectivity index (χ2v) is 7.63. The van der Waals surface area contributed by atoms with Crippen molar-refractivity contribution in [2.75, 3.05) is 13.1 Å². The van der Waals surface area contributed by atoms with E-state index in [2.05, 4.69) is 59.4 Å². The molecular weight excluding hydrogens is 312 g/mol. The van der Waals surface area contributed by atoms with Crippen LogP contribution in [-0.4, -0.2) is 19.1 Å². The lowest BCUT2D eigenvalue weighted by Crippen LogP contribution is -2.37. The van der Waals surface area contributed by atoms with Crippen molar-refractivity contribution in [2.24, 2.45) is 11.7 Å². The first kappa shape index (κ1) is 16.0. The van der Waals surface area contributed by atoms with E-state index in [4.69, 9.17) is 5.73 Å². The van der Waals surface area contributed by atoms with Gasteiger partial charge in [-0.15, -0.1) is 0 Å². The summed E-state index contributed by atoms with van der Waals surface area (Å²) in [6.07, 6.45) is 4.95. The van der Waals surface area contributed by atoms with Crippen LogP contribution in [0.25, 0.3) is 0 Å². The van der Waals surface area contributed by atoms with E-state index in [1.54, 1.807) is 0 Å². The summed E-state index contributed by atoms with van der Waals surface area (Å²) in [6.45, 7) is 6.74. The molecule has 0 unspecified atom stereocenters. The SMILES string of the molecule is CC(C)(CNCC1CCC(N)CC1)c1ccccc1Br. The van der Waals surface area contributed by atoms with E-state index in [1.165, 1.54) is 35.7 Å². The maximum absolute atomic E-state index is 5.96. The zero-order valence-corrected chi connectivity index (χ0v) is 14.2. The Balaban J connectivity index is 1.82. The Kier molecular flexibility index (Phi) is 5.65. The van der Waals surface area contributed by atoms with Gasteiger partial charge in [-0.1, -0.05) is 48.0 Å². The van der Waals surface area contributed by atoms with Crippen LogP contribution in [0.4, 0.5) is 0 Å². The smallest absolute Gasteiger partial charge is 0.0213 e. The quantitative estimate of drug-likeness (QED) is 0.856. The number of hydrogen-bond donors (Lipinski definition) is 2. The molecule has 0 amide bonds. The number of benzene rings is 1. The average molecular weight is 339 g/mol. The molecule has 2 rings (SSSR count). The highest BCUT2D eigenvalue weighted by Crippen LogP contribution is 2.29. The predicted octanol–water partition coefficient (Wildman–Crippen LogP) is 3.83. The van der Waals surface area contributed by atoms with Crippen LogP contribution >= 0.6 is 15.9 Å². The Morgan fingerprint density at radius 3 is 2.50 bits per heavy atom. The normalized spacial score (nSPS) is 23.8. The first-order chi connectivity index (χ1) is 9.49. The highest BCUT2D eigenvalue weighted by molar-refractivity contribution is 9.10. The first-order valence-corrected chi connectivity index (χ1v) is 8.49. The van der Waals surface area contributed by atoms with Gasteiger partial charge < -0.3 is 11.1 Å². The zero-order valence-electron chi connectivity index (χ0n) is 12.7. The van der Waals surface area contributed by atoms with Crippen LogP contribution in [0.15, 0.2) is 28.7 Å². The van der Waals surface area contributed by atoms with E-state index >= 15 is 0 Å². The van der Waals surface area contributed by atoms with Gasteiger partial charge in [0, 0.05) is 22.5 Å². The van der Waals surface area contributed by atoms with Gasteiger partial charge in [0.25, 0.3) is 0 Å². The van der Waals surface area contributed by atoms with Gasteiger partial charge in [0.1, 0.15) is 0 Å². The molecule has 20 heavy (non-hydrogen) atoms. The molecule has 1 saturated carbocycles. The standard InChI is InChI=1S/C17H27BrN2/c1-17(2,15-5-3-4-6-16(15)18)12-20-11-13-7-9-14(19)10-8-13/h3-6,13-14,20H,7-12,19H2,1-2H3. The number of nitrogens with two attached hydrogens (primary N) is 1. The molecule has 0 bridgehead atoms. The summed E-state index contributed by atoms with van der Waals surface area (Å²) < 4.78 is 1.20. The molecule has 0 atom stereocenters. The Morgan fingerprint density at radius 1 is 1.20 bits per heavy atom. The fourth-order valence-electron chi connectivity index (χ4n) is 3.09. The summed E-state index contributed by atoms with van der Waals surface area (Å²) >= 11 is 3.67. The van der Waals surface area contributed by atoms with Gasteiger partial charge in [-0.2, -0.15) is 0 Å². The van der Waals surface area contributed by atoms with Gasteiger partial charge in [0.2, 0.25) is 0 Å². The minimum absolute atomic E-state index is 0.144. The van der Waals surface area contributed by atoms with Crippen LogP contribution in [0.2, 0.25) is 0 Å². The van der Waals surface area contributed by atoms with Crippen molar-refractivity contribution in [3.8, 4) is 0 Å². The van der Waals surface area contributed by atoms with Crippen molar-refractivity contribution in [2.45, 2.75) is 51.0 Å². The van der Waals surface area contributed by atoms with Crippen LogP contribution in [0.5, 0.6) is 0 Å². The summed E-state index contributed by atoms with van der Waals surface area (Å²) in [5, 5.41) is 3.67. The topological polar surface area (TPSA) is 38.0 Å². The fraction of sp³-hybridized carbons (Fsp3) is 0.647. The molecule has 0 spiro atoms. The molecular formula is C17H27BrN2. The molecule has 0 aliphatic heterocycles.